The third-order valence-corrected chi connectivity index (χ3v) is 8.95. The molecule has 2 nitrogen and oxygen atoms in total. The van der Waals surface area contributed by atoms with Gasteiger partial charge in [-0.05, 0) is 46.6 Å². The Morgan fingerprint density at radius 1 is 1.05 bits per heavy atom. The zero-order chi connectivity index (χ0) is 15.7. The number of hydrogen-bond acceptors (Lipinski definition) is 2. The van der Waals surface area contributed by atoms with Gasteiger partial charge < -0.3 is 4.43 Å². The lowest BCUT2D eigenvalue weighted by molar-refractivity contribution is 0.112. The lowest BCUT2D eigenvalue weighted by Crippen LogP contribution is -2.40. The summed E-state index contributed by atoms with van der Waals surface area (Å²) in [7, 11) is -1.73. The van der Waals surface area contributed by atoms with Crippen LogP contribution in [0.4, 0.5) is 0 Å². The number of carbonyl (C=O) groups is 1. The highest BCUT2D eigenvalue weighted by molar-refractivity contribution is 6.74. The average Bonchev–Trinajstić information content (AvgIpc) is 2.43. The van der Waals surface area contributed by atoms with Gasteiger partial charge in [0.05, 0.1) is 6.61 Å². The van der Waals surface area contributed by atoms with Gasteiger partial charge in [0, 0.05) is 5.56 Å². The minimum atomic E-state index is -1.73. The quantitative estimate of drug-likeness (QED) is 0.575. The fourth-order valence-electron chi connectivity index (χ4n) is 1.96. The van der Waals surface area contributed by atoms with Crippen LogP contribution in [0.1, 0.15) is 36.7 Å². The molecular weight excluding hydrogens is 276 g/mol. The minimum Gasteiger partial charge on any atom is -0.413 e. The van der Waals surface area contributed by atoms with Crippen LogP contribution in [-0.4, -0.2) is 14.6 Å². The van der Waals surface area contributed by atoms with E-state index in [9.17, 15) is 4.79 Å². The second-order valence-electron chi connectivity index (χ2n) is 7.11. The Hall–Kier alpha value is -1.45. The molecule has 0 aliphatic rings. The molecule has 0 fully saturated rings. The Kier molecular flexibility index (Phi) is 4.35. The molecule has 0 unspecified atom stereocenters. The second kappa shape index (κ2) is 5.74. The van der Waals surface area contributed by atoms with Crippen LogP contribution in [0.15, 0.2) is 36.4 Å². The van der Waals surface area contributed by atoms with Crippen molar-refractivity contribution in [2.45, 2.75) is 45.5 Å². The van der Waals surface area contributed by atoms with E-state index in [1.165, 1.54) is 0 Å². The predicted octanol–water partition coefficient (Wildman–Crippen LogP) is 5.17. The average molecular weight is 300 g/mol. The molecular formula is C18H24O2Si. The summed E-state index contributed by atoms with van der Waals surface area (Å²) in [6.45, 7) is 11.9. The number of rotatable bonds is 4. The van der Waals surface area contributed by atoms with E-state index in [0.29, 0.717) is 12.2 Å². The van der Waals surface area contributed by atoms with Crippen molar-refractivity contribution in [2.24, 2.45) is 0 Å². The van der Waals surface area contributed by atoms with Gasteiger partial charge in [-0.2, -0.15) is 0 Å². The molecule has 21 heavy (non-hydrogen) atoms. The largest absolute Gasteiger partial charge is 0.413 e. The minimum absolute atomic E-state index is 0.217. The second-order valence-corrected chi connectivity index (χ2v) is 11.9. The lowest BCUT2D eigenvalue weighted by atomic mass is 10.1. The van der Waals surface area contributed by atoms with Crippen molar-refractivity contribution in [1.29, 1.82) is 0 Å². The summed E-state index contributed by atoms with van der Waals surface area (Å²) in [4.78, 5) is 10.9. The number of fused-ring (bicyclic) bond motifs is 1. The number of hydrogen-bond donors (Lipinski definition) is 0. The van der Waals surface area contributed by atoms with E-state index in [1.807, 2.05) is 18.2 Å². The van der Waals surface area contributed by atoms with Gasteiger partial charge in [-0.3, -0.25) is 4.79 Å². The summed E-state index contributed by atoms with van der Waals surface area (Å²) in [5.41, 5.74) is 1.88. The van der Waals surface area contributed by atoms with Crippen molar-refractivity contribution >= 4 is 25.4 Å². The zero-order valence-electron chi connectivity index (χ0n) is 13.6. The summed E-state index contributed by atoms with van der Waals surface area (Å²) >= 11 is 0. The van der Waals surface area contributed by atoms with Gasteiger partial charge in [-0.25, -0.2) is 0 Å². The lowest BCUT2D eigenvalue weighted by Gasteiger charge is -2.36. The molecule has 0 saturated carbocycles. The Labute approximate surface area is 128 Å². The molecule has 2 aromatic rings. The molecule has 2 rings (SSSR count). The molecule has 0 heterocycles. The molecule has 0 atom stereocenters. The number of benzene rings is 2. The van der Waals surface area contributed by atoms with Crippen LogP contribution in [0.25, 0.3) is 10.8 Å². The van der Waals surface area contributed by atoms with Crippen LogP contribution in [0, 0.1) is 0 Å². The summed E-state index contributed by atoms with van der Waals surface area (Å²) in [5.74, 6) is 0. The van der Waals surface area contributed by atoms with Gasteiger partial charge in [-0.15, -0.1) is 0 Å². The first-order valence-corrected chi connectivity index (χ1v) is 10.3. The van der Waals surface area contributed by atoms with E-state index < -0.39 is 8.32 Å². The molecule has 0 amide bonds. The van der Waals surface area contributed by atoms with Crippen LogP contribution in [-0.2, 0) is 11.0 Å². The van der Waals surface area contributed by atoms with Crippen LogP contribution in [0.2, 0.25) is 18.1 Å². The molecule has 2 aromatic carbocycles. The molecule has 0 saturated heterocycles. The normalized spacial score (nSPS) is 12.6. The van der Waals surface area contributed by atoms with Crippen LogP contribution < -0.4 is 0 Å². The molecule has 0 N–H and O–H groups in total. The maximum Gasteiger partial charge on any atom is 0.192 e. The van der Waals surface area contributed by atoms with Crippen molar-refractivity contribution in [3.05, 3.63) is 47.5 Å². The Morgan fingerprint density at radius 2 is 1.71 bits per heavy atom. The smallest absolute Gasteiger partial charge is 0.192 e. The topological polar surface area (TPSA) is 26.3 Å². The molecule has 0 aliphatic carbocycles. The standard InChI is InChI=1S/C18H24O2Si/c1-18(2,3)21(4,5)20-13-15-7-9-16-8-6-14(12-19)10-17(16)11-15/h6-12H,13H2,1-5H3. The molecule has 0 aromatic heterocycles. The highest BCUT2D eigenvalue weighted by Gasteiger charge is 2.36. The van der Waals surface area contributed by atoms with Crippen molar-refractivity contribution in [3.8, 4) is 0 Å². The Balaban J connectivity index is 2.21. The van der Waals surface area contributed by atoms with Crippen LogP contribution in [0.3, 0.4) is 0 Å². The van der Waals surface area contributed by atoms with Gasteiger partial charge >= 0.3 is 0 Å². The molecule has 0 spiro atoms. The van der Waals surface area contributed by atoms with Crippen molar-refractivity contribution in [2.75, 3.05) is 0 Å². The third-order valence-electron chi connectivity index (χ3n) is 4.47. The van der Waals surface area contributed by atoms with Gasteiger partial charge in [-0.1, -0.05) is 45.0 Å². The van der Waals surface area contributed by atoms with E-state index in [4.69, 9.17) is 4.43 Å². The fourth-order valence-corrected chi connectivity index (χ4v) is 2.92. The van der Waals surface area contributed by atoms with E-state index in [1.54, 1.807) is 0 Å². The first kappa shape index (κ1) is 15.9. The number of carbonyl (C=O) groups excluding carboxylic acids is 1. The SMILES string of the molecule is CC(C)(C)[Si](C)(C)OCc1ccc2ccc(C=O)cc2c1. The summed E-state index contributed by atoms with van der Waals surface area (Å²) in [6.07, 6.45) is 0.887. The van der Waals surface area contributed by atoms with Gasteiger partial charge in [0.15, 0.2) is 8.32 Å². The predicted molar refractivity (Wildman–Crippen MR) is 91.3 cm³/mol. The molecule has 0 aliphatic heterocycles. The van der Waals surface area contributed by atoms with Crippen LogP contribution in [0.5, 0.6) is 0 Å². The van der Waals surface area contributed by atoms with Crippen LogP contribution >= 0.6 is 0 Å². The summed E-state index contributed by atoms with van der Waals surface area (Å²) < 4.78 is 6.25. The van der Waals surface area contributed by atoms with E-state index in [2.05, 4.69) is 52.1 Å². The fraction of sp³-hybridized carbons (Fsp3) is 0.389. The van der Waals surface area contributed by atoms with Crippen molar-refractivity contribution < 1.29 is 9.22 Å². The maximum absolute atomic E-state index is 10.9. The monoisotopic (exact) mass is 300 g/mol. The highest BCUT2D eigenvalue weighted by Crippen LogP contribution is 2.37. The van der Waals surface area contributed by atoms with Crippen molar-refractivity contribution in [3.63, 3.8) is 0 Å². The first-order chi connectivity index (χ1) is 9.73. The maximum atomic E-state index is 10.9. The van der Waals surface area contributed by atoms with Gasteiger partial charge in [0.1, 0.15) is 6.29 Å². The Morgan fingerprint density at radius 3 is 2.33 bits per heavy atom. The van der Waals surface area contributed by atoms with E-state index >= 15 is 0 Å². The molecule has 112 valence electrons. The molecule has 3 heteroatoms. The summed E-state index contributed by atoms with van der Waals surface area (Å²) in [5, 5.41) is 2.46. The first-order valence-electron chi connectivity index (χ1n) is 7.35. The van der Waals surface area contributed by atoms with Gasteiger partial charge in [0.25, 0.3) is 0 Å². The Bertz CT molecular complexity index is 654. The van der Waals surface area contributed by atoms with Crippen molar-refractivity contribution in [1.82, 2.24) is 0 Å². The van der Waals surface area contributed by atoms with E-state index in [0.717, 1.165) is 22.6 Å². The van der Waals surface area contributed by atoms with E-state index in [-0.39, 0.29) is 5.04 Å². The zero-order valence-corrected chi connectivity index (χ0v) is 14.6. The summed E-state index contributed by atoms with van der Waals surface area (Å²) in [6, 6.07) is 12.1. The molecule has 0 bridgehead atoms. The van der Waals surface area contributed by atoms with Gasteiger partial charge in [0.2, 0.25) is 0 Å². The number of aldehydes is 1. The molecule has 0 radical (unpaired) electrons. The third kappa shape index (κ3) is 3.60. The highest BCUT2D eigenvalue weighted by atomic mass is 28.4.